The summed E-state index contributed by atoms with van der Waals surface area (Å²) in [5.41, 5.74) is 2.67. The van der Waals surface area contributed by atoms with E-state index in [-0.39, 0.29) is 18.3 Å². The number of nitrogens with zero attached hydrogens (tertiary/aromatic N) is 1. The quantitative estimate of drug-likeness (QED) is 0.359. The lowest BCUT2D eigenvalue weighted by Gasteiger charge is -2.24. The first-order valence-electron chi connectivity index (χ1n) is 10.8. The molecule has 0 spiro atoms. The molecule has 3 aromatic rings. The Morgan fingerprint density at radius 2 is 2.12 bits per heavy atom. The van der Waals surface area contributed by atoms with Crippen molar-refractivity contribution in [3.05, 3.63) is 53.7 Å². The highest BCUT2D eigenvalue weighted by atomic mass is 19.1. The molecule has 0 fully saturated rings. The molecule has 0 saturated heterocycles. The van der Waals surface area contributed by atoms with Gasteiger partial charge in [-0.25, -0.2) is 4.39 Å². The molecule has 34 heavy (non-hydrogen) atoms. The number of amides is 2. The molecule has 0 aliphatic carbocycles. The minimum Gasteiger partial charge on any atom is -0.492 e. The number of benzene rings is 1. The van der Waals surface area contributed by atoms with Crippen LogP contribution in [-0.4, -0.2) is 48.1 Å². The van der Waals surface area contributed by atoms with Gasteiger partial charge in [0.2, 0.25) is 6.41 Å². The monoisotopic (exact) mass is 467 g/mol. The zero-order chi connectivity index (χ0) is 24.3. The number of ether oxygens (including phenoxy) is 2. The van der Waals surface area contributed by atoms with Gasteiger partial charge in [-0.2, -0.15) is 0 Å². The predicted octanol–water partition coefficient (Wildman–Crippen LogP) is 3.16. The largest absolute Gasteiger partial charge is 0.492 e. The van der Waals surface area contributed by atoms with Gasteiger partial charge in [-0.15, -0.1) is 0 Å². The fourth-order valence-electron chi connectivity index (χ4n) is 3.82. The number of pyridine rings is 1. The smallest absolute Gasteiger partial charge is 0.255 e. The average Bonchev–Trinajstić information content (AvgIpc) is 3.17. The molecule has 2 amide bonds. The second kappa shape index (κ2) is 9.42. The van der Waals surface area contributed by atoms with Crippen molar-refractivity contribution in [1.29, 1.82) is 0 Å². The first kappa shape index (κ1) is 23.1. The van der Waals surface area contributed by atoms with E-state index in [0.717, 1.165) is 5.69 Å². The number of carbonyl (C=O) groups excluding carboxylic acids is 2. The first-order valence-corrected chi connectivity index (χ1v) is 10.8. The summed E-state index contributed by atoms with van der Waals surface area (Å²) in [6.07, 6.45) is 4.41. The number of fused-ring (bicyclic) bond motifs is 1. The van der Waals surface area contributed by atoms with Crippen molar-refractivity contribution in [2.24, 2.45) is 0 Å². The molecule has 4 N–H and O–H groups in total. The van der Waals surface area contributed by atoms with E-state index in [0.29, 0.717) is 53.3 Å². The van der Waals surface area contributed by atoms with Crippen LogP contribution >= 0.6 is 0 Å². The van der Waals surface area contributed by atoms with Gasteiger partial charge in [0.15, 0.2) is 11.6 Å². The Hall–Kier alpha value is -4.08. The topological polar surface area (TPSA) is 117 Å². The average molecular weight is 468 g/mol. The second-order valence-corrected chi connectivity index (χ2v) is 8.49. The number of aromatic amines is 1. The van der Waals surface area contributed by atoms with E-state index in [2.05, 4.69) is 25.9 Å². The lowest BCUT2D eigenvalue weighted by atomic mass is 10.0. The molecule has 2 aromatic heterocycles. The molecule has 10 heteroatoms. The van der Waals surface area contributed by atoms with Crippen LogP contribution in [0, 0.1) is 5.82 Å². The number of aromatic nitrogens is 2. The van der Waals surface area contributed by atoms with Crippen molar-refractivity contribution in [3.8, 4) is 22.8 Å². The van der Waals surface area contributed by atoms with Gasteiger partial charge < -0.3 is 30.4 Å². The number of carbonyl (C=O) groups is 2. The number of rotatable bonds is 9. The summed E-state index contributed by atoms with van der Waals surface area (Å²) in [5, 5.41) is 8.76. The molecule has 4 rings (SSSR count). The summed E-state index contributed by atoms with van der Waals surface area (Å²) in [7, 11) is 1.38. The van der Waals surface area contributed by atoms with Gasteiger partial charge in [0.25, 0.3) is 5.91 Å². The standard InChI is InChI=1S/C24H26FN5O4/c1-24(2,28-13-31)12-34-18-11-26-9-7-14(18)20-21(19-16(29-20)8-10-27-23(19)32)30-17-6-4-5-15(25)22(17)33-3/h4-7,9,11,13,29-30H,8,10,12H2,1-3H3,(H,27,32)(H,28,31). The maximum Gasteiger partial charge on any atom is 0.255 e. The number of nitrogens with one attached hydrogen (secondary N) is 4. The number of halogens is 1. The number of methoxy groups -OCH3 is 1. The fourth-order valence-corrected chi connectivity index (χ4v) is 3.82. The molecule has 9 nitrogen and oxygen atoms in total. The minimum atomic E-state index is -0.611. The second-order valence-electron chi connectivity index (χ2n) is 8.49. The molecule has 0 unspecified atom stereocenters. The van der Waals surface area contributed by atoms with Crippen LogP contribution in [0.2, 0.25) is 0 Å². The lowest BCUT2D eigenvalue weighted by Crippen LogP contribution is -2.43. The van der Waals surface area contributed by atoms with E-state index in [4.69, 9.17) is 9.47 Å². The molecule has 0 bridgehead atoms. The molecule has 1 aliphatic heterocycles. The van der Waals surface area contributed by atoms with Gasteiger partial charge >= 0.3 is 0 Å². The Kier molecular flexibility index (Phi) is 6.40. The summed E-state index contributed by atoms with van der Waals surface area (Å²) >= 11 is 0. The minimum absolute atomic E-state index is 0.0347. The van der Waals surface area contributed by atoms with E-state index in [9.17, 15) is 14.0 Å². The third kappa shape index (κ3) is 4.52. The molecule has 1 aromatic carbocycles. The molecule has 178 valence electrons. The van der Waals surface area contributed by atoms with E-state index in [1.165, 1.54) is 13.2 Å². The normalized spacial score (nSPS) is 13.0. The molecular formula is C24H26FN5O4. The van der Waals surface area contributed by atoms with Gasteiger partial charge in [-0.05, 0) is 32.0 Å². The Morgan fingerprint density at radius 1 is 1.29 bits per heavy atom. The number of anilines is 2. The Balaban J connectivity index is 1.81. The van der Waals surface area contributed by atoms with Crippen LogP contribution in [0.3, 0.4) is 0 Å². The Bertz CT molecular complexity index is 1220. The summed E-state index contributed by atoms with van der Waals surface area (Å²) in [4.78, 5) is 31.2. The summed E-state index contributed by atoms with van der Waals surface area (Å²) in [5.74, 6) is -0.278. The third-order valence-corrected chi connectivity index (χ3v) is 5.49. The van der Waals surface area contributed by atoms with Gasteiger partial charge in [0, 0.05) is 30.4 Å². The van der Waals surface area contributed by atoms with Gasteiger partial charge in [-0.1, -0.05) is 6.07 Å². The van der Waals surface area contributed by atoms with Gasteiger partial charge in [-0.3, -0.25) is 14.6 Å². The zero-order valence-electron chi connectivity index (χ0n) is 19.1. The molecule has 3 heterocycles. The fraction of sp³-hybridized carbons (Fsp3) is 0.292. The predicted molar refractivity (Wildman–Crippen MR) is 125 cm³/mol. The van der Waals surface area contributed by atoms with E-state index in [1.54, 1.807) is 30.6 Å². The molecule has 1 aliphatic rings. The van der Waals surface area contributed by atoms with Crippen LogP contribution in [0.5, 0.6) is 11.5 Å². The Morgan fingerprint density at radius 3 is 2.88 bits per heavy atom. The van der Waals surface area contributed by atoms with Crippen molar-refractivity contribution >= 4 is 23.7 Å². The number of hydrogen-bond donors (Lipinski definition) is 4. The zero-order valence-corrected chi connectivity index (χ0v) is 19.1. The van der Waals surface area contributed by atoms with Crippen LogP contribution in [-0.2, 0) is 11.2 Å². The van der Waals surface area contributed by atoms with Crippen LogP contribution in [0.1, 0.15) is 29.9 Å². The Labute approximate surface area is 196 Å². The molecule has 0 saturated carbocycles. The first-order chi connectivity index (χ1) is 16.3. The van der Waals surface area contributed by atoms with Gasteiger partial charge in [0.1, 0.15) is 12.4 Å². The van der Waals surface area contributed by atoms with Crippen molar-refractivity contribution in [2.45, 2.75) is 25.8 Å². The van der Waals surface area contributed by atoms with E-state index >= 15 is 0 Å². The maximum absolute atomic E-state index is 14.3. The van der Waals surface area contributed by atoms with Crippen molar-refractivity contribution in [1.82, 2.24) is 20.6 Å². The van der Waals surface area contributed by atoms with Crippen molar-refractivity contribution in [2.75, 3.05) is 25.6 Å². The number of para-hydroxylation sites is 1. The molecule has 0 radical (unpaired) electrons. The molecule has 0 atom stereocenters. The third-order valence-electron chi connectivity index (χ3n) is 5.49. The van der Waals surface area contributed by atoms with Gasteiger partial charge in [0.05, 0.1) is 41.5 Å². The van der Waals surface area contributed by atoms with Crippen molar-refractivity contribution < 1.29 is 23.5 Å². The highest BCUT2D eigenvalue weighted by Crippen LogP contribution is 2.42. The highest BCUT2D eigenvalue weighted by Gasteiger charge is 2.29. The summed E-state index contributed by atoms with van der Waals surface area (Å²) < 4.78 is 25.6. The molecular weight excluding hydrogens is 441 g/mol. The van der Waals surface area contributed by atoms with E-state index < -0.39 is 11.4 Å². The lowest BCUT2D eigenvalue weighted by molar-refractivity contribution is -0.111. The van der Waals surface area contributed by atoms with Crippen molar-refractivity contribution in [3.63, 3.8) is 0 Å². The number of hydrogen-bond acceptors (Lipinski definition) is 6. The summed E-state index contributed by atoms with van der Waals surface area (Å²) in [6.45, 7) is 4.35. The van der Waals surface area contributed by atoms with E-state index in [1.807, 2.05) is 13.8 Å². The number of H-pyrrole nitrogens is 1. The SMILES string of the molecule is COc1c(F)cccc1Nc1c(-c2ccncc2OCC(C)(C)NC=O)[nH]c2c1C(=O)NCC2. The highest BCUT2D eigenvalue weighted by molar-refractivity contribution is 6.06. The van der Waals surface area contributed by atoms with Crippen LogP contribution in [0.25, 0.3) is 11.3 Å². The maximum atomic E-state index is 14.3. The van der Waals surface area contributed by atoms with Crippen LogP contribution in [0.15, 0.2) is 36.7 Å². The van der Waals surface area contributed by atoms with Crippen LogP contribution < -0.4 is 25.4 Å². The summed E-state index contributed by atoms with van der Waals surface area (Å²) in [6, 6.07) is 6.29. The van der Waals surface area contributed by atoms with Crippen LogP contribution in [0.4, 0.5) is 15.8 Å².